The van der Waals surface area contributed by atoms with E-state index in [0.717, 1.165) is 66.1 Å². The zero-order valence-corrected chi connectivity index (χ0v) is 31.7. The number of hydrogen-bond acceptors (Lipinski definition) is 9. The summed E-state index contributed by atoms with van der Waals surface area (Å²) in [6.07, 6.45) is 2.83. The van der Waals surface area contributed by atoms with Gasteiger partial charge in [0.2, 0.25) is 0 Å². The lowest BCUT2D eigenvalue weighted by Crippen LogP contribution is -2.48. The lowest BCUT2D eigenvalue weighted by Gasteiger charge is -2.39. The Labute approximate surface area is 308 Å². The minimum absolute atomic E-state index is 0.0644. The number of para-hydroxylation sites is 1. The molecule has 1 saturated heterocycles. The van der Waals surface area contributed by atoms with Crippen LogP contribution in [0.15, 0.2) is 66.7 Å². The molecule has 3 aromatic carbocycles. The van der Waals surface area contributed by atoms with Crippen molar-refractivity contribution in [1.82, 2.24) is 9.62 Å². The van der Waals surface area contributed by atoms with E-state index in [4.69, 9.17) is 28.8 Å². The molecule has 3 aromatic rings. The number of carbonyl (C=O) groups excluding carboxylic acids is 1. The summed E-state index contributed by atoms with van der Waals surface area (Å²) in [7, 11) is -2.09. The summed E-state index contributed by atoms with van der Waals surface area (Å²) < 4.78 is 54.8. The van der Waals surface area contributed by atoms with Gasteiger partial charge in [0.15, 0.2) is 0 Å². The first-order valence-electron chi connectivity index (χ1n) is 18.0. The molecule has 0 bridgehead atoms. The van der Waals surface area contributed by atoms with Crippen LogP contribution in [0.2, 0.25) is 0 Å². The first-order chi connectivity index (χ1) is 24.9. The smallest absolute Gasteiger partial charge is 0.410 e. The van der Waals surface area contributed by atoms with E-state index >= 15 is 0 Å². The summed E-state index contributed by atoms with van der Waals surface area (Å²) in [4.78, 5) is 17.0. The number of benzene rings is 3. The van der Waals surface area contributed by atoms with E-state index in [2.05, 4.69) is 40.0 Å². The van der Waals surface area contributed by atoms with Crippen LogP contribution in [0.4, 0.5) is 10.5 Å². The van der Waals surface area contributed by atoms with Crippen LogP contribution in [0.25, 0.3) is 0 Å². The Morgan fingerprint density at radius 3 is 2.54 bits per heavy atom. The average Bonchev–Trinajstić information content (AvgIpc) is 3.11. The lowest BCUT2D eigenvalue weighted by molar-refractivity contribution is -0.0359. The molecule has 52 heavy (non-hydrogen) atoms. The molecule has 0 aromatic heterocycles. The summed E-state index contributed by atoms with van der Waals surface area (Å²) >= 11 is 0. The van der Waals surface area contributed by atoms with Gasteiger partial charge in [-0.05, 0) is 81.0 Å². The highest BCUT2D eigenvalue weighted by Gasteiger charge is 2.35. The number of nitrogens with one attached hydrogen (secondary N) is 1. The number of nitrogens with zero attached hydrogens (tertiary/aromatic N) is 2. The van der Waals surface area contributed by atoms with E-state index < -0.39 is 15.8 Å². The average molecular weight is 739 g/mol. The fourth-order valence-corrected chi connectivity index (χ4v) is 7.05. The van der Waals surface area contributed by atoms with Gasteiger partial charge in [0, 0.05) is 49.8 Å². The zero-order valence-electron chi connectivity index (χ0n) is 30.8. The highest BCUT2D eigenvalue weighted by Crippen LogP contribution is 2.34. The maximum absolute atomic E-state index is 13.1. The van der Waals surface area contributed by atoms with Gasteiger partial charge in [0.1, 0.15) is 17.1 Å². The molecule has 3 N–H and O–H groups in total. The molecule has 0 spiro atoms. The van der Waals surface area contributed by atoms with Crippen molar-refractivity contribution in [2.24, 2.45) is 5.14 Å². The van der Waals surface area contributed by atoms with Crippen molar-refractivity contribution in [3.8, 4) is 11.5 Å². The molecular formula is C39H54N4O8S. The SMILES string of the molecule is COc1ccccc1COCCCOc1ccc([C@H]2CCN(C(=O)OC(C)(C)C)C[C@@H]2OCc2ccc3c(c2)N(CCNS(N)(=O)=O)CCC3)cc1. The molecule has 2 aliphatic rings. The fraction of sp³-hybridized carbons (Fsp3) is 0.513. The van der Waals surface area contributed by atoms with Crippen molar-refractivity contribution in [2.45, 2.75) is 77.3 Å². The highest BCUT2D eigenvalue weighted by molar-refractivity contribution is 7.87. The molecular weight excluding hydrogens is 685 g/mol. The molecule has 2 heterocycles. The van der Waals surface area contributed by atoms with E-state index in [-0.39, 0.29) is 24.7 Å². The van der Waals surface area contributed by atoms with Gasteiger partial charge in [0.05, 0.1) is 46.2 Å². The third kappa shape index (κ3) is 11.8. The monoisotopic (exact) mass is 738 g/mol. The predicted molar refractivity (Wildman–Crippen MR) is 201 cm³/mol. The molecule has 1 amide bonds. The second-order valence-corrected chi connectivity index (χ2v) is 15.7. The topological polar surface area (TPSA) is 142 Å². The van der Waals surface area contributed by atoms with Gasteiger partial charge < -0.3 is 33.5 Å². The van der Waals surface area contributed by atoms with Crippen molar-refractivity contribution in [2.75, 3.05) is 57.9 Å². The standard InChI is InChI=1S/C39H54N4O8S/c1-39(2,3)51-38(44)43-21-18-34(30-14-16-33(17-15-30)49-24-8-23-48-28-32-9-5-6-11-36(32)47-4)37(26-43)50-27-29-12-13-31-10-7-20-42(35(31)25-29)22-19-41-52(40,45)46/h5-6,9,11-17,25,34,37,41H,7-8,10,18-24,26-28H2,1-4H3,(H2,40,45,46)/t34-,37+/m1/s1. The number of amides is 1. The Hall–Kier alpha value is -3.88. The number of ether oxygens (including phenoxy) is 5. The first-order valence-corrected chi connectivity index (χ1v) is 19.6. The normalized spacial score (nSPS) is 17.8. The minimum Gasteiger partial charge on any atom is -0.496 e. The Morgan fingerprint density at radius 2 is 1.79 bits per heavy atom. The van der Waals surface area contributed by atoms with Crippen molar-refractivity contribution in [3.05, 3.63) is 89.0 Å². The summed E-state index contributed by atoms with van der Waals surface area (Å²) in [6, 6.07) is 22.3. The third-order valence-electron chi connectivity index (χ3n) is 9.18. The van der Waals surface area contributed by atoms with Gasteiger partial charge in [-0.15, -0.1) is 0 Å². The van der Waals surface area contributed by atoms with E-state index in [0.29, 0.717) is 46.1 Å². The molecule has 1 fully saturated rings. The van der Waals surface area contributed by atoms with Gasteiger partial charge in [0.25, 0.3) is 10.2 Å². The molecule has 0 saturated carbocycles. The first kappa shape index (κ1) is 39.3. The number of piperidine rings is 1. The Morgan fingerprint density at radius 1 is 1.00 bits per heavy atom. The van der Waals surface area contributed by atoms with Crippen LogP contribution in [-0.2, 0) is 44.1 Å². The number of aryl methyl sites for hydroxylation is 1. The van der Waals surface area contributed by atoms with Crippen LogP contribution in [0.1, 0.15) is 68.2 Å². The Kier molecular flexibility index (Phi) is 13.8. The number of hydrogen-bond donors (Lipinski definition) is 2. The molecule has 13 heteroatoms. The lowest BCUT2D eigenvalue weighted by atomic mass is 9.87. The minimum atomic E-state index is -3.75. The second-order valence-electron chi connectivity index (χ2n) is 14.3. The highest BCUT2D eigenvalue weighted by atomic mass is 32.2. The van der Waals surface area contributed by atoms with Crippen LogP contribution < -0.4 is 24.2 Å². The van der Waals surface area contributed by atoms with Crippen LogP contribution in [0.5, 0.6) is 11.5 Å². The van der Waals surface area contributed by atoms with Gasteiger partial charge in [-0.25, -0.2) is 14.7 Å². The van der Waals surface area contributed by atoms with Gasteiger partial charge in [-0.3, -0.25) is 0 Å². The largest absolute Gasteiger partial charge is 0.496 e. The van der Waals surface area contributed by atoms with E-state index in [1.165, 1.54) is 5.56 Å². The van der Waals surface area contributed by atoms with Crippen molar-refractivity contribution in [1.29, 1.82) is 0 Å². The summed E-state index contributed by atoms with van der Waals surface area (Å²) in [5.41, 5.74) is 4.86. The summed E-state index contributed by atoms with van der Waals surface area (Å²) in [6.45, 7) is 10.1. The number of rotatable bonds is 16. The van der Waals surface area contributed by atoms with E-state index in [1.807, 2.05) is 57.2 Å². The van der Waals surface area contributed by atoms with Gasteiger partial charge in [-0.1, -0.05) is 42.5 Å². The van der Waals surface area contributed by atoms with Crippen LogP contribution in [0, 0.1) is 0 Å². The molecule has 0 aliphatic carbocycles. The molecule has 5 rings (SSSR count). The number of anilines is 1. The summed E-state index contributed by atoms with van der Waals surface area (Å²) in [5.74, 6) is 1.67. The van der Waals surface area contributed by atoms with Gasteiger partial charge in [-0.2, -0.15) is 8.42 Å². The molecule has 2 aliphatic heterocycles. The molecule has 0 radical (unpaired) electrons. The van der Waals surface area contributed by atoms with E-state index in [9.17, 15) is 13.2 Å². The fourth-order valence-electron chi connectivity index (χ4n) is 6.67. The van der Waals surface area contributed by atoms with Crippen molar-refractivity contribution >= 4 is 22.0 Å². The van der Waals surface area contributed by atoms with Crippen LogP contribution in [-0.4, -0.2) is 84.2 Å². The molecule has 0 unspecified atom stereocenters. The van der Waals surface area contributed by atoms with Crippen molar-refractivity contribution < 1.29 is 36.9 Å². The number of fused-ring (bicyclic) bond motifs is 1. The molecule has 284 valence electrons. The Bertz CT molecular complexity index is 1710. The molecule has 12 nitrogen and oxygen atoms in total. The predicted octanol–water partition coefficient (Wildman–Crippen LogP) is 5.54. The number of nitrogens with two attached hydrogens (primary N) is 1. The quantitative estimate of drug-likeness (QED) is 0.181. The maximum atomic E-state index is 13.1. The zero-order chi connectivity index (χ0) is 37.1. The maximum Gasteiger partial charge on any atom is 0.410 e. The third-order valence-corrected chi connectivity index (χ3v) is 9.79. The Balaban J connectivity index is 1.19. The van der Waals surface area contributed by atoms with Crippen molar-refractivity contribution in [3.63, 3.8) is 0 Å². The summed E-state index contributed by atoms with van der Waals surface area (Å²) in [5, 5.41) is 5.14. The number of carbonyl (C=O) groups is 1. The molecule has 2 atom stereocenters. The second kappa shape index (κ2) is 18.2. The number of methoxy groups -OCH3 is 1. The number of likely N-dealkylation sites (tertiary alicyclic amines) is 1. The van der Waals surface area contributed by atoms with Crippen LogP contribution in [0.3, 0.4) is 0 Å². The van der Waals surface area contributed by atoms with Crippen LogP contribution >= 0.6 is 0 Å². The van der Waals surface area contributed by atoms with E-state index in [1.54, 1.807) is 12.0 Å². The van der Waals surface area contributed by atoms with Gasteiger partial charge >= 0.3 is 6.09 Å².